The smallest absolute Gasteiger partial charge is 0.417 e. The monoisotopic (exact) mass is 453 g/mol. The average molecular weight is 453 g/mol. The largest absolute Gasteiger partial charge is 0.455 e. The van der Waals surface area contributed by atoms with Crippen molar-refractivity contribution in [2.75, 3.05) is 5.32 Å². The van der Waals surface area contributed by atoms with Gasteiger partial charge in [0.05, 0.1) is 29.2 Å². The molecule has 0 saturated heterocycles. The lowest BCUT2D eigenvalue weighted by Gasteiger charge is -2.11. The fourth-order valence-electron chi connectivity index (χ4n) is 3.12. The number of ether oxygens (including phenoxy) is 1. The summed E-state index contributed by atoms with van der Waals surface area (Å²) in [5.41, 5.74) is 1.20. The van der Waals surface area contributed by atoms with E-state index < -0.39 is 17.6 Å². The van der Waals surface area contributed by atoms with Gasteiger partial charge in [0.15, 0.2) is 5.82 Å². The maximum Gasteiger partial charge on any atom is 0.417 e. The predicted molar refractivity (Wildman–Crippen MR) is 115 cm³/mol. The van der Waals surface area contributed by atoms with Crippen LogP contribution in [0.3, 0.4) is 0 Å². The van der Waals surface area contributed by atoms with Crippen molar-refractivity contribution in [2.45, 2.75) is 20.0 Å². The number of halogens is 3. The van der Waals surface area contributed by atoms with Crippen LogP contribution in [0.2, 0.25) is 0 Å². The predicted octanol–water partition coefficient (Wildman–Crippen LogP) is 5.34. The minimum Gasteiger partial charge on any atom is -0.455 e. The molecule has 0 radical (unpaired) electrons. The summed E-state index contributed by atoms with van der Waals surface area (Å²) in [5.74, 6) is 0.981. The van der Waals surface area contributed by atoms with Crippen LogP contribution in [0.5, 0.6) is 11.5 Å². The highest BCUT2D eigenvalue weighted by Crippen LogP contribution is 2.29. The third-order valence-corrected chi connectivity index (χ3v) is 4.84. The summed E-state index contributed by atoms with van der Waals surface area (Å²) in [7, 11) is 0. The van der Waals surface area contributed by atoms with Gasteiger partial charge in [-0.05, 0) is 61.9 Å². The maximum atomic E-state index is 12.8. The van der Waals surface area contributed by atoms with Gasteiger partial charge in [0.1, 0.15) is 11.5 Å². The first-order valence-electron chi connectivity index (χ1n) is 9.80. The number of aryl methyl sites for hydroxylation is 1. The van der Waals surface area contributed by atoms with Gasteiger partial charge >= 0.3 is 6.18 Å². The van der Waals surface area contributed by atoms with Gasteiger partial charge < -0.3 is 10.1 Å². The fourth-order valence-corrected chi connectivity index (χ4v) is 3.12. The first-order chi connectivity index (χ1) is 15.7. The lowest BCUT2D eigenvalue weighted by atomic mass is 10.2. The van der Waals surface area contributed by atoms with Gasteiger partial charge in [-0.15, -0.1) is 0 Å². The molecule has 0 fully saturated rings. The van der Waals surface area contributed by atoms with Crippen molar-refractivity contribution in [3.8, 4) is 17.3 Å². The van der Waals surface area contributed by atoms with Crippen molar-refractivity contribution in [2.24, 2.45) is 0 Å². The molecule has 1 aromatic carbocycles. The number of nitrogens with one attached hydrogen (secondary N) is 1. The molecular weight excluding hydrogens is 435 g/mol. The molecule has 4 rings (SSSR count). The van der Waals surface area contributed by atoms with E-state index in [1.54, 1.807) is 49.6 Å². The van der Waals surface area contributed by atoms with E-state index in [0.29, 0.717) is 22.9 Å². The molecule has 7 nitrogen and oxygen atoms in total. The zero-order valence-corrected chi connectivity index (χ0v) is 17.6. The lowest BCUT2D eigenvalue weighted by Crippen LogP contribution is -2.13. The number of hydrogen-bond donors (Lipinski definition) is 1. The minimum absolute atomic E-state index is 0.173. The molecule has 33 heavy (non-hydrogen) atoms. The van der Waals surface area contributed by atoms with E-state index in [9.17, 15) is 18.0 Å². The van der Waals surface area contributed by atoms with Crippen molar-refractivity contribution in [3.05, 3.63) is 89.6 Å². The van der Waals surface area contributed by atoms with Crippen LogP contribution in [0.4, 0.5) is 18.9 Å². The van der Waals surface area contributed by atoms with E-state index in [-0.39, 0.29) is 11.4 Å². The number of hydrogen-bond acceptors (Lipinski definition) is 5. The molecule has 0 atom stereocenters. The molecule has 0 spiro atoms. The molecule has 0 aliphatic heterocycles. The number of carbonyl (C=O) groups excluding carboxylic acids is 1. The van der Waals surface area contributed by atoms with Crippen molar-refractivity contribution in [3.63, 3.8) is 0 Å². The third-order valence-electron chi connectivity index (χ3n) is 4.84. The Balaban J connectivity index is 1.49. The molecular formula is C23H18F3N5O2. The molecule has 4 aromatic rings. The average Bonchev–Trinajstić information content (AvgIpc) is 3.17. The van der Waals surface area contributed by atoms with Crippen LogP contribution in [-0.2, 0) is 6.18 Å². The van der Waals surface area contributed by atoms with Crippen molar-refractivity contribution in [1.82, 2.24) is 19.7 Å². The number of benzene rings is 1. The Morgan fingerprint density at radius 2 is 1.88 bits per heavy atom. The second kappa shape index (κ2) is 8.73. The first kappa shape index (κ1) is 22.0. The van der Waals surface area contributed by atoms with Crippen molar-refractivity contribution in [1.29, 1.82) is 0 Å². The molecule has 3 aromatic heterocycles. The van der Waals surface area contributed by atoms with Gasteiger partial charge in [0.2, 0.25) is 0 Å². The van der Waals surface area contributed by atoms with Crippen LogP contribution in [0, 0.1) is 13.8 Å². The van der Waals surface area contributed by atoms with Gasteiger partial charge in [0, 0.05) is 18.1 Å². The standard InChI is InChI=1S/C23H18F3N5O2/c1-14-10-17(6-7-20(14)33-18-4-3-9-27-12-18)30-22(32)19-13-29-31(15(19)2)21-8-5-16(11-28-21)23(24,25)26/h3-13H,1-2H3,(H,30,32). The Hall–Kier alpha value is -4.21. The molecule has 0 unspecified atom stereocenters. The summed E-state index contributed by atoms with van der Waals surface area (Å²) in [6.07, 6.45) is 0.842. The van der Waals surface area contributed by atoms with E-state index in [2.05, 4.69) is 20.4 Å². The highest BCUT2D eigenvalue weighted by atomic mass is 19.4. The Morgan fingerprint density at radius 3 is 2.52 bits per heavy atom. The Morgan fingerprint density at radius 1 is 1.06 bits per heavy atom. The van der Waals surface area contributed by atoms with Crippen LogP contribution in [0.1, 0.15) is 27.2 Å². The van der Waals surface area contributed by atoms with Crippen LogP contribution in [-0.4, -0.2) is 25.7 Å². The number of amides is 1. The normalized spacial score (nSPS) is 11.3. The van der Waals surface area contributed by atoms with Crippen LogP contribution < -0.4 is 10.1 Å². The summed E-state index contributed by atoms with van der Waals surface area (Å²) < 4.78 is 45.4. The number of nitrogens with zero attached hydrogens (tertiary/aromatic N) is 4. The maximum absolute atomic E-state index is 12.8. The fraction of sp³-hybridized carbons (Fsp3) is 0.130. The molecule has 168 valence electrons. The topological polar surface area (TPSA) is 81.9 Å². The van der Waals surface area contributed by atoms with E-state index in [1.807, 2.05) is 6.92 Å². The van der Waals surface area contributed by atoms with Gasteiger partial charge in [0.25, 0.3) is 5.91 Å². The van der Waals surface area contributed by atoms with Crippen LogP contribution in [0.25, 0.3) is 5.82 Å². The summed E-state index contributed by atoms with van der Waals surface area (Å²) in [5, 5.41) is 6.90. The summed E-state index contributed by atoms with van der Waals surface area (Å²) in [4.78, 5) is 20.6. The quantitative estimate of drug-likeness (QED) is 0.441. The number of alkyl halides is 3. The zero-order chi connectivity index (χ0) is 23.6. The SMILES string of the molecule is Cc1cc(NC(=O)c2cnn(-c3ccc(C(F)(F)F)cn3)c2C)ccc1Oc1cccnc1. The van der Waals surface area contributed by atoms with E-state index in [1.165, 1.54) is 16.9 Å². The van der Waals surface area contributed by atoms with Crippen LogP contribution >= 0.6 is 0 Å². The molecule has 0 saturated carbocycles. The van der Waals surface area contributed by atoms with Gasteiger partial charge in [-0.3, -0.25) is 9.78 Å². The molecule has 0 aliphatic carbocycles. The molecule has 10 heteroatoms. The van der Waals surface area contributed by atoms with Crippen LogP contribution in [0.15, 0.2) is 67.3 Å². The molecule has 1 amide bonds. The van der Waals surface area contributed by atoms with Gasteiger partial charge in [-0.25, -0.2) is 9.67 Å². The lowest BCUT2D eigenvalue weighted by molar-refractivity contribution is -0.137. The highest BCUT2D eigenvalue weighted by molar-refractivity contribution is 6.05. The number of pyridine rings is 2. The Kier molecular flexibility index (Phi) is 5.82. The number of rotatable bonds is 5. The first-order valence-corrected chi connectivity index (χ1v) is 9.80. The third kappa shape index (κ3) is 4.84. The Bertz CT molecular complexity index is 1290. The molecule has 0 bridgehead atoms. The summed E-state index contributed by atoms with van der Waals surface area (Å²) >= 11 is 0. The second-order valence-corrected chi connectivity index (χ2v) is 7.18. The summed E-state index contributed by atoms with van der Waals surface area (Å²) in [6, 6.07) is 10.9. The second-order valence-electron chi connectivity index (χ2n) is 7.18. The van der Waals surface area contributed by atoms with Crippen molar-refractivity contribution < 1.29 is 22.7 Å². The van der Waals surface area contributed by atoms with E-state index in [0.717, 1.165) is 17.8 Å². The van der Waals surface area contributed by atoms with E-state index in [4.69, 9.17) is 4.74 Å². The van der Waals surface area contributed by atoms with Crippen molar-refractivity contribution >= 4 is 11.6 Å². The van der Waals surface area contributed by atoms with E-state index >= 15 is 0 Å². The minimum atomic E-state index is -4.48. The Labute approximate surface area is 186 Å². The van der Waals surface area contributed by atoms with Gasteiger partial charge in [-0.1, -0.05) is 0 Å². The highest BCUT2D eigenvalue weighted by Gasteiger charge is 2.30. The zero-order valence-electron chi connectivity index (χ0n) is 17.6. The number of carbonyl (C=O) groups is 1. The van der Waals surface area contributed by atoms with Gasteiger partial charge in [-0.2, -0.15) is 18.3 Å². The number of aromatic nitrogens is 4. The molecule has 1 N–H and O–H groups in total. The number of anilines is 1. The summed E-state index contributed by atoms with van der Waals surface area (Å²) in [6.45, 7) is 3.48. The molecule has 3 heterocycles. The molecule has 0 aliphatic rings.